The lowest BCUT2D eigenvalue weighted by molar-refractivity contribution is -0.137. The molecule has 0 spiro atoms. The predicted molar refractivity (Wildman–Crippen MR) is 73.6 cm³/mol. The molecule has 0 bridgehead atoms. The highest BCUT2D eigenvalue weighted by atomic mass is 16.4. The summed E-state index contributed by atoms with van der Waals surface area (Å²) >= 11 is 0. The molecule has 20 heavy (non-hydrogen) atoms. The van der Waals surface area contributed by atoms with Crippen LogP contribution >= 0.6 is 0 Å². The topological polar surface area (TPSA) is 74.9 Å². The van der Waals surface area contributed by atoms with Crippen molar-refractivity contribution >= 4 is 17.5 Å². The first-order valence-corrected chi connectivity index (χ1v) is 6.45. The van der Waals surface area contributed by atoms with E-state index >= 15 is 0 Å². The molecule has 0 aliphatic heterocycles. The number of carbonyl (C=O) groups is 2. The Balaban J connectivity index is 2.24. The number of hydrogen-bond donors (Lipinski definition) is 1. The summed E-state index contributed by atoms with van der Waals surface area (Å²) in [7, 11) is 0. The van der Waals surface area contributed by atoms with Gasteiger partial charge in [0.25, 0.3) is 5.91 Å². The molecular formula is C14H17N3O3. The third-order valence-corrected chi connectivity index (χ3v) is 3.03. The van der Waals surface area contributed by atoms with Crippen LogP contribution in [0.15, 0.2) is 30.6 Å². The first-order chi connectivity index (χ1) is 9.49. The molecule has 2 heterocycles. The zero-order chi connectivity index (χ0) is 14.7. The summed E-state index contributed by atoms with van der Waals surface area (Å²) in [5.74, 6) is -1.16. The molecule has 106 valence electrons. The first-order valence-electron chi connectivity index (χ1n) is 6.45. The second-order valence-electron chi connectivity index (χ2n) is 4.83. The van der Waals surface area contributed by atoms with Crippen molar-refractivity contribution in [2.24, 2.45) is 0 Å². The summed E-state index contributed by atoms with van der Waals surface area (Å²) in [6.07, 6.45) is 3.40. The van der Waals surface area contributed by atoms with Gasteiger partial charge in [-0.05, 0) is 26.0 Å². The monoisotopic (exact) mass is 275 g/mol. The Morgan fingerprint density at radius 3 is 2.75 bits per heavy atom. The summed E-state index contributed by atoms with van der Waals surface area (Å²) in [4.78, 5) is 28.9. The number of nitrogens with zero attached hydrogens (tertiary/aromatic N) is 3. The molecule has 0 radical (unpaired) electrons. The van der Waals surface area contributed by atoms with E-state index in [1.807, 2.05) is 38.2 Å². The zero-order valence-electron chi connectivity index (χ0n) is 11.5. The molecule has 0 aromatic carbocycles. The first kappa shape index (κ1) is 14.0. The number of rotatable bonds is 5. The maximum Gasteiger partial charge on any atom is 0.305 e. The van der Waals surface area contributed by atoms with E-state index in [0.717, 1.165) is 0 Å². The molecule has 0 atom stereocenters. The lowest BCUT2D eigenvalue weighted by atomic mass is 10.2. The van der Waals surface area contributed by atoms with Crippen molar-refractivity contribution < 1.29 is 14.7 Å². The van der Waals surface area contributed by atoms with E-state index in [1.165, 1.54) is 4.90 Å². The number of carboxylic acid groups (broad SMARTS) is 1. The van der Waals surface area contributed by atoms with Crippen LogP contribution in [-0.2, 0) is 4.79 Å². The van der Waals surface area contributed by atoms with Crippen molar-refractivity contribution in [2.75, 3.05) is 6.54 Å². The number of fused-ring (bicyclic) bond motifs is 1. The van der Waals surface area contributed by atoms with Gasteiger partial charge < -0.3 is 14.4 Å². The molecule has 2 aromatic rings. The molecule has 6 nitrogen and oxygen atoms in total. The van der Waals surface area contributed by atoms with Crippen molar-refractivity contribution in [3.05, 3.63) is 36.3 Å². The van der Waals surface area contributed by atoms with Crippen molar-refractivity contribution in [3.63, 3.8) is 0 Å². The van der Waals surface area contributed by atoms with Gasteiger partial charge in [-0.3, -0.25) is 9.59 Å². The number of carbonyl (C=O) groups excluding carboxylic acids is 1. The Kier molecular flexibility index (Phi) is 4.02. The minimum absolute atomic E-state index is 0.0721. The minimum atomic E-state index is -0.918. The minimum Gasteiger partial charge on any atom is -0.481 e. The lowest BCUT2D eigenvalue weighted by Crippen LogP contribution is -2.38. The van der Waals surface area contributed by atoms with Gasteiger partial charge in [-0.25, -0.2) is 4.98 Å². The molecule has 0 unspecified atom stereocenters. The summed E-state index contributed by atoms with van der Waals surface area (Å²) in [5, 5.41) is 8.75. The largest absolute Gasteiger partial charge is 0.481 e. The molecule has 1 amide bonds. The molecule has 0 aliphatic rings. The van der Waals surface area contributed by atoms with E-state index in [9.17, 15) is 9.59 Å². The van der Waals surface area contributed by atoms with E-state index in [0.29, 0.717) is 11.3 Å². The molecule has 0 aliphatic carbocycles. The van der Waals surface area contributed by atoms with E-state index in [-0.39, 0.29) is 24.9 Å². The highest BCUT2D eigenvalue weighted by Gasteiger charge is 2.21. The Bertz CT molecular complexity index is 600. The van der Waals surface area contributed by atoms with E-state index in [4.69, 9.17) is 5.11 Å². The average Bonchev–Trinajstić information content (AvgIpc) is 2.81. The van der Waals surface area contributed by atoms with Gasteiger partial charge in [0.15, 0.2) is 0 Å². The quantitative estimate of drug-likeness (QED) is 0.900. The smallest absolute Gasteiger partial charge is 0.305 e. The Morgan fingerprint density at radius 1 is 1.40 bits per heavy atom. The van der Waals surface area contributed by atoms with Gasteiger partial charge in [0.05, 0.1) is 6.42 Å². The van der Waals surface area contributed by atoms with Crippen LogP contribution in [0, 0.1) is 0 Å². The number of carboxylic acids is 1. The summed E-state index contributed by atoms with van der Waals surface area (Å²) in [6, 6.07) is 5.44. The fourth-order valence-corrected chi connectivity index (χ4v) is 2.00. The van der Waals surface area contributed by atoms with Crippen LogP contribution in [0.5, 0.6) is 0 Å². The van der Waals surface area contributed by atoms with E-state index in [2.05, 4.69) is 4.98 Å². The van der Waals surface area contributed by atoms with Gasteiger partial charge in [-0.15, -0.1) is 0 Å². The molecule has 6 heteroatoms. The van der Waals surface area contributed by atoms with Gasteiger partial charge in [0, 0.05) is 25.0 Å². The van der Waals surface area contributed by atoms with E-state index in [1.54, 1.807) is 10.6 Å². The number of aliphatic carboxylic acids is 1. The second-order valence-corrected chi connectivity index (χ2v) is 4.83. The van der Waals surface area contributed by atoms with Crippen molar-refractivity contribution in [1.29, 1.82) is 0 Å². The molecule has 1 N–H and O–H groups in total. The Hall–Kier alpha value is -2.37. The lowest BCUT2D eigenvalue weighted by Gasteiger charge is -2.25. The number of pyridine rings is 1. The molecule has 0 fully saturated rings. The van der Waals surface area contributed by atoms with Crippen LogP contribution in [0.3, 0.4) is 0 Å². The van der Waals surface area contributed by atoms with Crippen LogP contribution < -0.4 is 0 Å². The number of amides is 1. The second kappa shape index (κ2) is 5.73. The maximum absolute atomic E-state index is 12.4. The van der Waals surface area contributed by atoms with Crippen LogP contribution in [0.25, 0.3) is 5.65 Å². The molecule has 0 saturated heterocycles. The van der Waals surface area contributed by atoms with Gasteiger partial charge in [0.1, 0.15) is 11.3 Å². The van der Waals surface area contributed by atoms with Crippen LogP contribution in [0.1, 0.15) is 30.8 Å². The fraction of sp³-hybridized carbons (Fsp3) is 0.357. The van der Waals surface area contributed by atoms with Crippen LogP contribution in [0.2, 0.25) is 0 Å². The van der Waals surface area contributed by atoms with Gasteiger partial charge >= 0.3 is 5.97 Å². The standard InChI is InChI=1S/C14H17N3O3/c1-10(2)17(8-6-13(18)19)14(20)11-9-16-7-4-3-5-12(16)15-11/h3-5,7,9-10H,6,8H2,1-2H3,(H,18,19). The molecule has 0 saturated carbocycles. The Morgan fingerprint density at radius 2 is 2.15 bits per heavy atom. The zero-order valence-corrected chi connectivity index (χ0v) is 11.5. The third kappa shape index (κ3) is 2.96. The highest BCUT2D eigenvalue weighted by molar-refractivity contribution is 5.93. The SMILES string of the molecule is CC(C)N(CCC(=O)O)C(=O)c1cn2ccccc2n1. The molecule has 2 aromatic heterocycles. The van der Waals surface area contributed by atoms with Crippen LogP contribution in [0.4, 0.5) is 0 Å². The van der Waals surface area contributed by atoms with E-state index < -0.39 is 5.97 Å². The predicted octanol–water partition coefficient (Wildman–Crippen LogP) is 1.66. The fourth-order valence-electron chi connectivity index (χ4n) is 2.00. The van der Waals surface area contributed by atoms with Gasteiger partial charge in [-0.2, -0.15) is 0 Å². The average molecular weight is 275 g/mol. The number of hydrogen-bond acceptors (Lipinski definition) is 3. The van der Waals surface area contributed by atoms with Crippen molar-refractivity contribution in [2.45, 2.75) is 26.3 Å². The van der Waals surface area contributed by atoms with Gasteiger partial charge in [0.2, 0.25) is 0 Å². The summed E-state index contributed by atoms with van der Waals surface area (Å²) in [5.41, 5.74) is 1.02. The summed E-state index contributed by atoms with van der Waals surface area (Å²) in [6.45, 7) is 3.89. The van der Waals surface area contributed by atoms with Crippen LogP contribution in [-0.4, -0.2) is 43.9 Å². The number of aromatic nitrogens is 2. The van der Waals surface area contributed by atoms with Crippen molar-refractivity contribution in [3.8, 4) is 0 Å². The third-order valence-electron chi connectivity index (χ3n) is 3.03. The molecular weight excluding hydrogens is 258 g/mol. The molecule has 2 rings (SSSR count). The van der Waals surface area contributed by atoms with Crippen molar-refractivity contribution in [1.82, 2.24) is 14.3 Å². The summed E-state index contributed by atoms with van der Waals surface area (Å²) < 4.78 is 1.77. The number of imidazole rings is 1. The highest BCUT2D eigenvalue weighted by Crippen LogP contribution is 2.10. The Labute approximate surface area is 116 Å². The maximum atomic E-state index is 12.4. The normalized spacial score (nSPS) is 10.9. The van der Waals surface area contributed by atoms with Gasteiger partial charge in [-0.1, -0.05) is 6.07 Å².